The largest absolute Gasteiger partial charge is 0.476 e. The summed E-state index contributed by atoms with van der Waals surface area (Å²) < 4.78 is 1.86. The molecule has 0 unspecified atom stereocenters. The molecule has 0 aliphatic heterocycles. The SMILES string of the molecule is O=C(O)c1csc(-c2ccc(Br)c(Br)c2)n1. The molecule has 3 nitrogen and oxygen atoms in total. The lowest BCUT2D eigenvalue weighted by molar-refractivity contribution is 0.0691. The molecule has 0 fully saturated rings. The Hall–Kier alpha value is -0.720. The number of halogens is 2. The fraction of sp³-hybridized carbons (Fsp3) is 0. The summed E-state index contributed by atoms with van der Waals surface area (Å²) in [6.07, 6.45) is 0. The van der Waals surface area contributed by atoms with Crippen LogP contribution in [0.3, 0.4) is 0 Å². The minimum atomic E-state index is -1.00. The minimum absolute atomic E-state index is 0.0824. The molecule has 0 aliphatic carbocycles. The van der Waals surface area contributed by atoms with Gasteiger partial charge in [-0.15, -0.1) is 11.3 Å². The second-order valence-electron chi connectivity index (χ2n) is 2.97. The highest BCUT2D eigenvalue weighted by Crippen LogP contribution is 2.30. The van der Waals surface area contributed by atoms with Gasteiger partial charge in [0.05, 0.1) is 0 Å². The summed E-state index contributed by atoms with van der Waals surface area (Å²) in [6, 6.07) is 5.68. The van der Waals surface area contributed by atoms with Gasteiger partial charge in [0.2, 0.25) is 0 Å². The quantitative estimate of drug-likeness (QED) is 0.877. The maximum absolute atomic E-state index is 10.7. The van der Waals surface area contributed by atoms with Crippen LogP contribution < -0.4 is 0 Å². The summed E-state index contributed by atoms with van der Waals surface area (Å²) in [7, 11) is 0. The van der Waals surface area contributed by atoms with Gasteiger partial charge in [0.1, 0.15) is 5.01 Å². The number of benzene rings is 1. The lowest BCUT2D eigenvalue weighted by Gasteiger charge is -1.99. The second-order valence-corrected chi connectivity index (χ2v) is 5.54. The molecule has 16 heavy (non-hydrogen) atoms. The van der Waals surface area contributed by atoms with Gasteiger partial charge in [0, 0.05) is 19.9 Å². The van der Waals surface area contributed by atoms with E-state index in [9.17, 15) is 4.79 Å². The van der Waals surface area contributed by atoms with E-state index in [1.54, 1.807) is 0 Å². The number of aromatic carboxylic acids is 1. The lowest BCUT2D eigenvalue weighted by atomic mass is 10.2. The van der Waals surface area contributed by atoms with Crippen LogP contribution in [-0.2, 0) is 0 Å². The Kier molecular flexibility index (Phi) is 3.41. The second kappa shape index (κ2) is 4.65. The molecule has 1 N–H and O–H groups in total. The van der Waals surface area contributed by atoms with Gasteiger partial charge in [-0.2, -0.15) is 0 Å². The van der Waals surface area contributed by atoms with E-state index in [2.05, 4.69) is 36.8 Å². The molecule has 1 heterocycles. The standard InChI is InChI=1S/C10H5Br2NO2S/c11-6-2-1-5(3-7(6)12)9-13-8(4-16-9)10(14)15/h1-4H,(H,14,15). The molecule has 0 radical (unpaired) electrons. The van der Waals surface area contributed by atoms with Crippen molar-refractivity contribution < 1.29 is 9.90 Å². The normalized spacial score (nSPS) is 10.4. The number of hydrogen-bond acceptors (Lipinski definition) is 3. The molecule has 0 saturated carbocycles. The number of carboxylic acid groups (broad SMARTS) is 1. The molecular formula is C10H5Br2NO2S. The zero-order chi connectivity index (χ0) is 11.7. The van der Waals surface area contributed by atoms with E-state index < -0.39 is 5.97 Å². The number of nitrogens with zero attached hydrogens (tertiary/aromatic N) is 1. The van der Waals surface area contributed by atoms with E-state index in [0.29, 0.717) is 5.01 Å². The van der Waals surface area contributed by atoms with Gasteiger partial charge in [-0.25, -0.2) is 9.78 Å². The molecule has 0 atom stereocenters. The minimum Gasteiger partial charge on any atom is -0.476 e. The first kappa shape index (κ1) is 11.8. The number of carbonyl (C=O) groups is 1. The van der Waals surface area contributed by atoms with Crippen molar-refractivity contribution in [3.63, 3.8) is 0 Å². The van der Waals surface area contributed by atoms with E-state index >= 15 is 0 Å². The van der Waals surface area contributed by atoms with Crippen molar-refractivity contribution in [3.05, 3.63) is 38.2 Å². The van der Waals surface area contributed by atoms with Crippen LogP contribution in [0, 0.1) is 0 Å². The maximum Gasteiger partial charge on any atom is 0.355 e. The van der Waals surface area contributed by atoms with Gasteiger partial charge in [0.25, 0.3) is 0 Å². The molecule has 0 bridgehead atoms. The summed E-state index contributed by atoms with van der Waals surface area (Å²) in [5, 5.41) is 11.0. The highest BCUT2D eigenvalue weighted by atomic mass is 79.9. The number of aromatic nitrogens is 1. The summed E-state index contributed by atoms with van der Waals surface area (Å²) in [6.45, 7) is 0. The summed E-state index contributed by atoms with van der Waals surface area (Å²) in [4.78, 5) is 14.7. The first-order valence-corrected chi connectivity index (χ1v) is 6.69. The van der Waals surface area contributed by atoms with Crippen LogP contribution in [0.25, 0.3) is 10.6 Å². The van der Waals surface area contributed by atoms with Crippen LogP contribution in [0.1, 0.15) is 10.5 Å². The topological polar surface area (TPSA) is 50.2 Å². The highest BCUT2D eigenvalue weighted by molar-refractivity contribution is 9.13. The van der Waals surface area contributed by atoms with Crippen LogP contribution in [0.2, 0.25) is 0 Å². The predicted octanol–water partition coefficient (Wildman–Crippen LogP) is 4.03. The summed E-state index contributed by atoms with van der Waals surface area (Å²) >= 11 is 8.08. The van der Waals surface area contributed by atoms with Crippen molar-refractivity contribution in [2.75, 3.05) is 0 Å². The van der Waals surface area contributed by atoms with Gasteiger partial charge in [-0.1, -0.05) is 6.07 Å². The molecule has 82 valence electrons. The monoisotopic (exact) mass is 361 g/mol. The molecule has 0 amide bonds. The van der Waals surface area contributed by atoms with Crippen molar-refractivity contribution in [1.82, 2.24) is 4.98 Å². The molecule has 2 aromatic rings. The number of thiazole rings is 1. The third-order valence-corrected chi connectivity index (χ3v) is 4.66. The van der Waals surface area contributed by atoms with Crippen LogP contribution in [0.15, 0.2) is 32.5 Å². The Bertz CT molecular complexity index is 554. The molecular weight excluding hydrogens is 358 g/mol. The third kappa shape index (κ3) is 2.34. The Morgan fingerprint density at radius 1 is 1.31 bits per heavy atom. The third-order valence-electron chi connectivity index (χ3n) is 1.89. The summed E-state index contributed by atoms with van der Waals surface area (Å²) in [5.74, 6) is -1.00. The van der Waals surface area contributed by atoms with Gasteiger partial charge < -0.3 is 5.11 Å². The van der Waals surface area contributed by atoms with Crippen molar-refractivity contribution in [1.29, 1.82) is 0 Å². The average molecular weight is 363 g/mol. The van der Waals surface area contributed by atoms with Gasteiger partial charge in [-0.3, -0.25) is 0 Å². The molecule has 1 aromatic heterocycles. The molecule has 1 aromatic carbocycles. The van der Waals surface area contributed by atoms with Gasteiger partial charge >= 0.3 is 5.97 Å². The Morgan fingerprint density at radius 2 is 2.06 bits per heavy atom. The predicted molar refractivity (Wildman–Crippen MR) is 69.9 cm³/mol. The fourth-order valence-electron chi connectivity index (χ4n) is 1.13. The Morgan fingerprint density at radius 3 is 2.62 bits per heavy atom. The molecule has 2 rings (SSSR count). The lowest BCUT2D eigenvalue weighted by Crippen LogP contribution is -1.95. The highest BCUT2D eigenvalue weighted by Gasteiger charge is 2.10. The molecule has 6 heteroatoms. The van der Waals surface area contributed by atoms with Crippen molar-refractivity contribution in [2.24, 2.45) is 0 Å². The molecule has 0 aliphatic rings. The van der Waals surface area contributed by atoms with Crippen LogP contribution in [0.5, 0.6) is 0 Å². The van der Waals surface area contributed by atoms with Crippen LogP contribution in [0.4, 0.5) is 0 Å². The number of rotatable bonds is 2. The van der Waals surface area contributed by atoms with Crippen LogP contribution >= 0.6 is 43.2 Å². The van der Waals surface area contributed by atoms with Gasteiger partial charge in [0.15, 0.2) is 5.69 Å². The zero-order valence-corrected chi connectivity index (χ0v) is 11.8. The summed E-state index contributed by atoms with van der Waals surface area (Å²) in [5.41, 5.74) is 0.978. The Labute approximate surface area is 112 Å². The van der Waals surface area contributed by atoms with Crippen LogP contribution in [-0.4, -0.2) is 16.1 Å². The zero-order valence-electron chi connectivity index (χ0n) is 7.78. The van der Waals surface area contributed by atoms with Crippen molar-refractivity contribution in [2.45, 2.75) is 0 Å². The number of carboxylic acids is 1. The first-order valence-electron chi connectivity index (χ1n) is 4.22. The fourth-order valence-corrected chi connectivity index (χ4v) is 2.55. The maximum atomic E-state index is 10.7. The van der Waals surface area contributed by atoms with E-state index in [0.717, 1.165) is 14.5 Å². The molecule has 0 saturated heterocycles. The van der Waals surface area contributed by atoms with Gasteiger partial charge in [-0.05, 0) is 44.0 Å². The number of hydrogen-bond donors (Lipinski definition) is 1. The van der Waals surface area contributed by atoms with Crippen molar-refractivity contribution in [3.8, 4) is 10.6 Å². The van der Waals surface area contributed by atoms with Crippen molar-refractivity contribution >= 4 is 49.2 Å². The first-order chi connectivity index (χ1) is 7.58. The van der Waals surface area contributed by atoms with E-state index in [1.165, 1.54) is 16.7 Å². The smallest absolute Gasteiger partial charge is 0.355 e. The van der Waals surface area contributed by atoms with E-state index in [4.69, 9.17) is 5.11 Å². The Balaban J connectivity index is 2.42. The molecule has 0 spiro atoms. The van der Waals surface area contributed by atoms with E-state index in [1.807, 2.05) is 18.2 Å². The van der Waals surface area contributed by atoms with E-state index in [-0.39, 0.29) is 5.69 Å². The average Bonchev–Trinajstić information content (AvgIpc) is 2.71.